The number of thiophene rings is 1. The van der Waals surface area contributed by atoms with Crippen LogP contribution in [0.1, 0.15) is 26.5 Å². The molecule has 0 aliphatic carbocycles. The second kappa shape index (κ2) is 5.10. The highest BCUT2D eigenvalue weighted by Gasteiger charge is 2.12. The maximum atomic E-state index is 12.1. The summed E-state index contributed by atoms with van der Waals surface area (Å²) in [7, 11) is 0. The molecule has 0 N–H and O–H groups in total. The molecule has 2 rings (SSSR count). The molecule has 4 heteroatoms. The Hall–Kier alpha value is -1.00. The number of nitrogens with zero attached hydrogens (tertiary/aromatic N) is 1. The van der Waals surface area contributed by atoms with Gasteiger partial charge in [0.25, 0.3) is 0 Å². The summed E-state index contributed by atoms with van der Waals surface area (Å²) in [4.78, 5) is 17.4. The zero-order chi connectivity index (χ0) is 12.4. The van der Waals surface area contributed by atoms with Crippen LogP contribution in [0, 0.1) is 13.8 Å². The number of pyridine rings is 1. The smallest absolute Gasteiger partial charge is 0.186 e. The zero-order valence-corrected chi connectivity index (χ0v) is 12.1. The van der Waals surface area contributed by atoms with Crippen LogP contribution in [0.25, 0.3) is 0 Å². The summed E-state index contributed by atoms with van der Waals surface area (Å²) < 4.78 is 1.03. The molecule has 88 valence electrons. The maximum absolute atomic E-state index is 12.1. The molecule has 0 aliphatic rings. The van der Waals surface area contributed by atoms with Crippen LogP contribution in [0.3, 0.4) is 0 Å². The first-order valence-corrected chi connectivity index (χ1v) is 6.93. The normalized spacial score (nSPS) is 10.5. The molecule has 0 bridgehead atoms. The highest BCUT2D eigenvalue weighted by atomic mass is 79.9. The molecule has 0 saturated heterocycles. The first-order valence-electron chi connectivity index (χ1n) is 5.25. The van der Waals surface area contributed by atoms with E-state index >= 15 is 0 Å². The van der Waals surface area contributed by atoms with Crippen molar-refractivity contribution in [1.82, 2.24) is 4.98 Å². The minimum absolute atomic E-state index is 0.0804. The average molecular weight is 310 g/mol. The molecule has 0 spiro atoms. The quantitative estimate of drug-likeness (QED) is 0.804. The first kappa shape index (κ1) is 12.5. The largest absolute Gasteiger partial charge is 0.292 e. The number of aryl methyl sites for hydroxylation is 2. The number of carbonyl (C=O) groups excluding carboxylic acids is 1. The number of Topliss-reactive ketones (excluding diaryl/α,β-unsaturated/α-hetero) is 1. The molecule has 2 aromatic rings. The molecule has 0 aromatic carbocycles. The van der Waals surface area contributed by atoms with Crippen LogP contribution < -0.4 is 0 Å². The topological polar surface area (TPSA) is 30.0 Å². The van der Waals surface area contributed by atoms with Gasteiger partial charge in [-0.25, -0.2) is 0 Å². The number of aromatic nitrogens is 1. The van der Waals surface area contributed by atoms with E-state index in [-0.39, 0.29) is 5.78 Å². The third-order valence-electron chi connectivity index (χ3n) is 2.44. The van der Waals surface area contributed by atoms with Gasteiger partial charge >= 0.3 is 0 Å². The van der Waals surface area contributed by atoms with Crippen LogP contribution in [-0.2, 0) is 6.42 Å². The highest BCUT2D eigenvalue weighted by Crippen LogP contribution is 2.21. The number of rotatable bonds is 3. The molecule has 17 heavy (non-hydrogen) atoms. The lowest BCUT2D eigenvalue weighted by Crippen LogP contribution is -2.07. The van der Waals surface area contributed by atoms with E-state index in [1.165, 1.54) is 0 Å². The Kier molecular flexibility index (Phi) is 3.74. The van der Waals surface area contributed by atoms with E-state index < -0.39 is 0 Å². The van der Waals surface area contributed by atoms with Crippen LogP contribution >= 0.6 is 27.3 Å². The summed E-state index contributed by atoms with van der Waals surface area (Å²) >= 11 is 4.97. The molecule has 0 saturated carbocycles. The summed E-state index contributed by atoms with van der Waals surface area (Å²) in [5, 5.41) is 1.98. The Morgan fingerprint density at radius 1 is 1.41 bits per heavy atom. The van der Waals surface area contributed by atoms with Gasteiger partial charge in [-0.1, -0.05) is 6.07 Å². The number of ketones is 1. The molecular formula is C13H12BrNOS. The number of halogens is 1. The first-order chi connectivity index (χ1) is 8.06. The third-order valence-corrected chi connectivity index (χ3v) is 4.13. The van der Waals surface area contributed by atoms with Gasteiger partial charge in [0, 0.05) is 27.3 Å². The Bertz CT molecular complexity index is 562. The molecule has 0 fully saturated rings. The third kappa shape index (κ3) is 3.01. The molecule has 0 radical (unpaired) electrons. The van der Waals surface area contributed by atoms with E-state index in [9.17, 15) is 4.79 Å². The van der Waals surface area contributed by atoms with Gasteiger partial charge in [-0.15, -0.1) is 11.3 Å². The molecule has 2 nitrogen and oxygen atoms in total. The van der Waals surface area contributed by atoms with Gasteiger partial charge in [-0.05, 0) is 47.0 Å². The summed E-state index contributed by atoms with van der Waals surface area (Å²) in [6.45, 7) is 3.90. The molecule has 0 unspecified atom stereocenters. The summed E-state index contributed by atoms with van der Waals surface area (Å²) in [6.07, 6.45) is 2.16. The fourth-order valence-electron chi connectivity index (χ4n) is 1.70. The van der Waals surface area contributed by atoms with Gasteiger partial charge in [-0.3, -0.25) is 9.78 Å². The number of hydrogen-bond acceptors (Lipinski definition) is 3. The fraction of sp³-hybridized carbons (Fsp3) is 0.231. The van der Waals surface area contributed by atoms with Crippen molar-refractivity contribution in [3.05, 3.63) is 49.9 Å². The van der Waals surface area contributed by atoms with Gasteiger partial charge in [0.15, 0.2) is 5.78 Å². The lowest BCUT2D eigenvalue weighted by Gasteiger charge is -2.03. The van der Waals surface area contributed by atoms with Gasteiger partial charge < -0.3 is 0 Å². The molecule has 2 aromatic heterocycles. The van der Waals surface area contributed by atoms with Crippen molar-refractivity contribution in [3.63, 3.8) is 0 Å². The summed E-state index contributed by atoms with van der Waals surface area (Å²) in [5.74, 6) is 0.0804. The minimum atomic E-state index is 0.0804. The predicted molar refractivity (Wildman–Crippen MR) is 73.8 cm³/mol. The predicted octanol–water partition coefficient (Wildman–Crippen LogP) is 3.95. The van der Waals surface area contributed by atoms with E-state index in [1.807, 2.05) is 31.4 Å². The Morgan fingerprint density at radius 3 is 2.76 bits per heavy atom. The van der Waals surface area contributed by atoms with Crippen LogP contribution in [0.2, 0.25) is 0 Å². The standard InChI is InChI=1S/C13H12BrNOS/c1-8-3-9(2)13(15-6-8)12(16)5-11-4-10(14)7-17-11/h3-4,6-7H,5H2,1-2H3. The van der Waals surface area contributed by atoms with Crippen molar-refractivity contribution in [1.29, 1.82) is 0 Å². The zero-order valence-electron chi connectivity index (χ0n) is 9.66. The van der Waals surface area contributed by atoms with Crippen molar-refractivity contribution >= 4 is 33.0 Å². The van der Waals surface area contributed by atoms with Crippen molar-refractivity contribution in [2.75, 3.05) is 0 Å². The van der Waals surface area contributed by atoms with E-state index in [0.717, 1.165) is 20.5 Å². The fourth-order valence-corrected chi connectivity index (χ4v) is 3.15. The van der Waals surface area contributed by atoms with Crippen molar-refractivity contribution in [2.45, 2.75) is 20.3 Å². The molecular weight excluding hydrogens is 298 g/mol. The van der Waals surface area contributed by atoms with Crippen LogP contribution in [0.5, 0.6) is 0 Å². The molecule has 0 amide bonds. The van der Waals surface area contributed by atoms with Gasteiger partial charge in [0.2, 0.25) is 0 Å². The number of hydrogen-bond donors (Lipinski definition) is 0. The maximum Gasteiger partial charge on any atom is 0.186 e. The van der Waals surface area contributed by atoms with Gasteiger partial charge in [0.1, 0.15) is 5.69 Å². The van der Waals surface area contributed by atoms with Crippen LogP contribution in [-0.4, -0.2) is 10.8 Å². The Morgan fingerprint density at radius 2 is 2.18 bits per heavy atom. The lowest BCUT2D eigenvalue weighted by molar-refractivity contribution is 0.0988. The van der Waals surface area contributed by atoms with E-state index in [2.05, 4.69) is 20.9 Å². The van der Waals surface area contributed by atoms with Crippen molar-refractivity contribution in [3.8, 4) is 0 Å². The molecule has 0 atom stereocenters. The molecule has 0 aliphatic heterocycles. The van der Waals surface area contributed by atoms with E-state index in [4.69, 9.17) is 0 Å². The second-order valence-corrected chi connectivity index (χ2v) is 5.92. The van der Waals surface area contributed by atoms with Crippen molar-refractivity contribution in [2.24, 2.45) is 0 Å². The minimum Gasteiger partial charge on any atom is -0.292 e. The van der Waals surface area contributed by atoms with Crippen molar-refractivity contribution < 1.29 is 4.79 Å². The molecule has 2 heterocycles. The monoisotopic (exact) mass is 309 g/mol. The summed E-state index contributed by atoms with van der Waals surface area (Å²) in [5.41, 5.74) is 2.61. The summed E-state index contributed by atoms with van der Waals surface area (Å²) in [6, 6.07) is 3.97. The van der Waals surface area contributed by atoms with Crippen LogP contribution in [0.15, 0.2) is 28.2 Å². The lowest BCUT2D eigenvalue weighted by atomic mass is 10.1. The van der Waals surface area contributed by atoms with Gasteiger partial charge in [0.05, 0.1) is 0 Å². The SMILES string of the molecule is Cc1cnc(C(=O)Cc2cc(Br)cs2)c(C)c1. The Balaban J connectivity index is 2.20. The average Bonchev–Trinajstić information content (AvgIpc) is 2.63. The Labute approximate surface area is 113 Å². The van der Waals surface area contributed by atoms with Crippen LogP contribution in [0.4, 0.5) is 0 Å². The van der Waals surface area contributed by atoms with Gasteiger partial charge in [-0.2, -0.15) is 0 Å². The highest BCUT2D eigenvalue weighted by molar-refractivity contribution is 9.10. The second-order valence-electron chi connectivity index (χ2n) is 4.01. The van der Waals surface area contributed by atoms with E-state index in [0.29, 0.717) is 12.1 Å². The number of carbonyl (C=O) groups is 1. The van der Waals surface area contributed by atoms with E-state index in [1.54, 1.807) is 17.5 Å².